The van der Waals surface area contributed by atoms with Crippen molar-refractivity contribution in [1.82, 2.24) is 9.80 Å². The Hall–Kier alpha value is -1.03. The number of nitrogens with zero attached hydrogens (tertiary/aromatic N) is 2. The van der Waals surface area contributed by atoms with Gasteiger partial charge >= 0.3 is 0 Å². The van der Waals surface area contributed by atoms with Gasteiger partial charge in [0.15, 0.2) is 0 Å². The van der Waals surface area contributed by atoms with Crippen LogP contribution in [-0.2, 0) is 4.79 Å². The lowest BCUT2D eigenvalue weighted by Gasteiger charge is -2.42. The number of likely N-dealkylation sites (tertiary alicyclic amines) is 1. The van der Waals surface area contributed by atoms with Crippen LogP contribution in [0.15, 0.2) is 24.3 Å². The molecule has 2 unspecified atom stereocenters. The highest BCUT2D eigenvalue weighted by Gasteiger charge is 2.34. The SMILES string of the molecule is CN(C(=O)/C=C/c1ccc(Cl)c(Cl)c1)C1CCCCC1N1CCCC1. The van der Waals surface area contributed by atoms with Crippen LogP contribution < -0.4 is 0 Å². The maximum absolute atomic E-state index is 12.7. The van der Waals surface area contributed by atoms with Crippen LogP contribution >= 0.6 is 23.2 Å². The zero-order valence-corrected chi connectivity index (χ0v) is 16.3. The van der Waals surface area contributed by atoms with Crippen LogP contribution in [-0.4, -0.2) is 47.9 Å². The summed E-state index contributed by atoms with van der Waals surface area (Å²) >= 11 is 12.0. The molecule has 5 heteroatoms. The van der Waals surface area contributed by atoms with Crippen molar-refractivity contribution >= 4 is 35.2 Å². The molecule has 0 spiro atoms. The summed E-state index contributed by atoms with van der Waals surface area (Å²) in [6, 6.07) is 6.23. The Morgan fingerprint density at radius 1 is 1.12 bits per heavy atom. The molecule has 1 aromatic carbocycles. The number of amides is 1. The van der Waals surface area contributed by atoms with E-state index in [-0.39, 0.29) is 5.91 Å². The van der Waals surface area contributed by atoms with Gasteiger partial charge in [-0.1, -0.05) is 42.1 Å². The number of carbonyl (C=O) groups excluding carboxylic acids is 1. The molecule has 1 heterocycles. The van der Waals surface area contributed by atoms with E-state index in [1.165, 1.54) is 45.2 Å². The van der Waals surface area contributed by atoms with E-state index in [0.717, 1.165) is 12.0 Å². The lowest BCUT2D eigenvalue weighted by Crippen LogP contribution is -2.52. The van der Waals surface area contributed by atoms with Crippen LogP contribution in [0.3, 0.4) is 0 Å². The van der Waals surface area contributed by atoms with Crippen LogP contribution in [0.25, 0.3) is 6.08 Å². The van der Waals surface area contributed by atoms with Crippen molar-refractivity contribution in [3.8, 4) is 0 Å². The van der Waals surface area contributed by atoms with Gasteiger partial charge < -0.3 is 4.90 Å². The average molecular weight is 381 g/mol. The van der Waals surface area contributed by atoms with Crippen LogP contribution in [0, 0.1) is 0 Å². The van der Waals surface area contributed by atoms with Gasteiger partial charge in [-0.15, -0.1) is 0 Å². The van der Waals surface area contributed by atoms with Gasteiger partial charge in [0.25, 0.3) is 0 Å². The van der Waals surface area contributed by atoms with Gasteiger partial charge in [0.2, 0.25) is 5.91 Å². The van der Waals surface area contributed by atoms with Crippen molar-refractivity contribution in [3.63, 3.8) is 0 Å². The predicted octanol–water partition coefficient (Wildman–Crippen LogP) is 4.87. The lowest BCUT2D eigenvalue weighted by molar-refractivity contribution is -0.128. The minimum absolute atomic E-state index is 0.0576. The Bertz CT molecular complexity index is 641. The summed E-state index contributed by atoms with van der Waals surface area (Å²) in [6.45, 7) is 2.37. The van der Waals surface area contributed by atoms with Gasteiger partial charge in [-0.3, -0.25) is 9.69 Å². The van der Waals surface area contributed by atoms with E-state index in [1.807, 2.05) is 24.1 Å². The van der Waals surface area contributed by atoms with Crippen LogP contribution in [0.4, 0.5) is 0 Å². The number of hydrogen-bond donors (Lipinski definition) is 0. The third-order valence-corrected chi connectivity index (χ3v) is 6.25. The van der Waals surface area contributed by atoms with Gasteiger partial charge in [-0.25, -0.2) is 0 Å². The zero-order chi connectivity index (χ0) is 17.8. The quantitative estimate of drug-likeness (QED) is 0.695. The van der Waals surface area contributed by atoms with Crippen molar-refractivity contribution in [3.05, 3.63) is 39.9 Å². The molecule has 1 amide bonds. The van der Waals surface area contributed by atoms with Crippen molar-refractivity contribution in [2.24, 2.45) is 0 Å². The highest BCUT2D eigenvalue weighted by molar-refractivity contribution is 6.42. The van der Waals surface area contributed by atoms with Gasteiger partial charge in [0.05, 0.1) is 10.0 Å². The van der Waals surface area contributed by atoms with Gasteiger partial charge in [0, 0.05) is 25.2 Å². The Balaban J connectivity index is 1.67. The number of likely N-dealkylation sites (N-methyl/N-ethyl adjacent to an activating group) is 1. The third-order valence-electron chi connectivity index (χ3n) is 5.51. The third kappa shape index (κ3) is 4.58. The fourth-order valence-corrected chi connectivity index (χ4v) is 4.41. The molecule has 25 heavy (non-hydrogen) atoms. The number of rotatable bonds is 4. The van der Waals surface area contributed by atoms with E-state index >= 15 is 0 Å². The number of carbonyl (C=O) groups is 1. The van der Waals surface area contributed by atoms with Crippen LogP contribution in [0.2, 0.25) is 10.0 Å². The fraction of sp³-hybridized carbons (Fsp3) is 0.550. The molecule has 1 saturated carbocycles. The summed E-state index contributed by atoms with van der Waals surface area (Å²) in [5, 5.41) is 1.03. The molecule has 0 aromatic heterocycles. The molecule has 1 aliphatic heterocycles. The molecular formula is C20H26Cl2N2O. The second-order valence-electron chi connectivity index (χ2n) is 7.12. The largest absolute Gasteiger partial charge is 0.338 e. The Kier molecular flexibility index (Phi) is 6.43. The normalized spacial score (nSPS) is 24.8. The Labute approximate surface area is 160 Å². The van der Waals surface area contributed by atoms with Crippen LogP contribution in [0.1, 0.15) is 44.1 Å². The van der Waals surface area contributed by atoms with E-state index in [2.05, 4.69) is 4.90 Å². The molecule has 0 bridgehead atoms. The predicted molar refractivity (Wildman–Crippen MR) is 105 cm³/mol. The first kappa shape index (κ1) is 18.8. The van der Waals surface area contributed by atoms with Crippen molar-refractivity contribution in [2.45, 2.75) is 50.6 Å². The highest BCUT2D eigenvalue weighted by atomic mass is 35.5. The molecule has 3 nitrogen and oxygen atoms in total. The molecule has 2 fully saturated rings. The Morgan fingerprint density at radius 3 is 2.56 bits per heavy atom. The number of benzene rings is 1. The molecule has 2 atom stereocenters. The first-order valence-electron chi connectivity index (χ1n) is 9.20. The molecule has 3 rings (SSSR count). The topological polar surface area (TPSA) is 23.6 Å². The van der Waals surface area contributed by atoms with Gasteiger partial charge in [0.1, 0.15) is 0 Å². The molecule has 0 N–H and O–H groups in total. The van der Waals surface area contributed by atoms with E-state index in [0.29, 0.717) is 22.1 Å². The van der Waals surface area contributed by atoms with E-state index in [1.54, 1.807) is 18.2 Å². The van der Waals surface area contributed by atoms with Crippen LogP contribution in [0.5, 0.6) is 0 Å². The summed E-state index contributed by atoms with van der Waals surface area (Å²) in [4.78, 5) is 17.2. The summed E-state index contributed by atoms with van der Waals surface area (Å²) < 4.78 is 0. The highest BCUT2D eigenvalue weighted by Crippen LogP contribution is 2.29. The standard InChI is InChI=1S/C20H26Cl2N2O/c1-23(18-6-2-3-7-19(18)24-12-4-5-13-24)20(25)11-9-15-8-10-16(21)17(22)14-15/h8-11,14,18-19H,2-7,12-13H2,1H3/b11-9+. The molecule has 2 aliphatic rings. The maximum Gasteiger partial charge on any atom is 0.246 e. The average Bonchev–Trinajstić information content (AvgIpc) is 3.16. The second kappa shape index (κ2) is 8.57. The van der Waals surface area contributed by atoms with E-state index < -0.39 is 0 Å². The minimum Gasteiger partial charge on any atom is -0.338 e. The number of hydrogen-bond acceptors (Lipinski definition) is 2. The van der Waals surface area contributed by atoms with Crippen molar-refractivity contribution < 1.29 is 4.79 Å². The van der Waals surface area contributed by atoms with Crippen molar-refractivity contribution in [2.75, 3.05) is 20.1 Å². The molecule has 1 aromatic rings. The molecule has 1 aliphatic carbocycles. The monoisotopic (exact) mass is 380 g/mol. The molecule has 136 valence electrons. The molecule has 0 radical (unpaired) electrons. The first-order chi connectivity index (χ1) is 12.1. The maximum atomic E-state index is 12.7. The van der Waals surface area contributed by atoms with Gasteiger partial charge in [-0.05, 0) is 62.5 Å². The summed E-state index contributed by atoms with van der Waals surface area (Å²) in [5.41, 5.74) is 0.885. The Morgan fingerprint density at radius 2 is 1.84 bits per heavy atom. The van der Waals surface area contributed by atoms with E-state index in [4.69, 9.17) is 23.2 Å². The molecule has 1 saturated heterocycles. The second-order valence-corrected chi connectivity index (χ2v) is 7.93. The minimum atomic E-state index is 0.0576. The summed E-state index contributed by atoms with van der Waals surface area (Å²) in [5.74, 6) is 0.0576. The first-order valence-corrected chi connectivity index (χ1v) is 9.96. The van der Waals surface area contributed by atoms with Crippen molar-refractivity contribution in [1.29, 1.82) is 0 Å². The summed E-state index contributed by atoms with van der Waals surface area (Å²) in [6.07, 6.45) is 10.8. The fourth-order valence-electron chi connectivity index (χ4n) is 4.11. The summed E-state index contributed by atoms with van der Waals surface area (Å²) in [7, 11) is 1.95. The zero-order valence-electron chi connectivity index (χ0n) is 14.8. The van der Waals surface area contributed by atoms with Gasteiger partial charge in [-0.2, -0.15) is 0 Å². The lowest BCUT2D eigenvalue weighted by atomic mass is 9.88. The number of halogens is 2. The smallest absolute Gasteiger partial charge is 0.246 e. The molecular weight excluding hydrogens is 355 g/mol. The van der Waals surface area contributed by atoms with E-state index in [9.17, 15) is 4.79 Å².